The predicted molar refractivity (Wildman–Crippen MR) is 70.2 cm³/mol. The Hall–Kier alpha value is -0.580. The summed E-state index contributed by atoms with van der Waals surface area (Å²) in [5.74, 6) is -0.740. The van der Waals surface area contributed by atoms with Gasteiger partial charge in [-0.15, -0.1) is 0 Å². The van der Waals surface area contributed by atoms with Crippen LogP contribution in [0.4, 0.5) is 0 Å². The lowest BCUT2D eigenvalue weighted by Gasteiger charge is -2.21. The van der Waals surface area contributed by atoms with Gasteiger partial charge in [0.25, 0.3) is 0 Å². The Kier molecular flexibility index (Phi) is 4.07. The molecule has 0 spiro atoms. The maximum atomic E-state index is 11.1. The molecule has 0 amide bonds. The van der Waals surface area contributed by atoms with Gasteiger partial charge < -0.3 is 5.11 Å². The number of hydrogen-bond donors (Lipinski definition) is 1. The van der Waals surface area contributed by atoms with Gasteiger partial charge in [0.05, 0.1) is 0 Å². The second-order valence-electron chi connectivity index (χ2n) is 4.20. The smallest absolute Gasteiger partial charge is 0.320 e. The van der Waals surface area contributed by atoms with E-state index < -0.39 is 5.97 Å². The van der Waals surface area contributed by atoms with E-state index in [1.54, 1.807) is 0 Å². The molecule has 0 radical (unpaired) electrons. The van der Waals surface area contributed by atoms with Gasteiger partial charge in [0.15, 0.2) is 0 Å². The lowest BCUT2D eigenvalue weighted by atomic mass is 10.2. The Morgan fingerprint density at radius 1 is 1.59 bits per heavy atom. The lowest BCUT2D eigenvalue weighted by molar-refractivity contribution is -0.142. The third-order valence-electron chi connectivity index (χ3n) is 3.04. The van der Waals surface area contributed by atoms with Crippen LogP contribution in [0.1, 0.15) is 18.4 Å². The van der Waals surface area contributed by atoms with Crippen molar-refractivity contribution < 1.29 is 9.90 Å². The van der Waals surface area contributed by atoms with E-state index >= 15 is 0 Å². The van der Waals surface area contributed by atoms with E-state index in [1.807, 2.05) is 23.1 Å². The quantitative estimate of drug-likeness (QED) is 0.930. The van der Waals surface area contributed by atoms with Crippen LogP contribution in [0.25, 0.3) is 0 Å². The molecule has 1 saturated heterocycles. The fourth-order valence-electron chi connectivity index (χ4n) is 2.16. The lowest BCUT2D eigenvalue weighted by Crippen LogP contribution is -2.35. The van der Waals surface area contributed by atoms with Gasteiger partial charge >= 0.3 is 5.97 Å². The molecular weight excluding hydrogens is 305 g/mol. The molecule has 1 N–H and O–H groups in total. The highest BCUT2D eigenvalue weighted by atomic mass is 79.9. The first-order chi connectivity index (χ1) is 8.08. The number of rotatable bonds is 3. The molecule has 0 unspecified atom stereocenters. The molecule has 3 nitrogen and oxygen atoms in total. The summed E-state index contributed by atoms with van der Waals surface area (Å²) < 4.78 is 0.933. The second kappa shape index (κ2) is 5.38. The third kappa shape index (κ3) is 3.00. The van der Waals surface area contributed by atoms with Gasteiger partial charge in [-0.2, -0.15) is 0 Å². The van der Waals surface area contributed by atoms with E-state index in [0.29, 0.717) is 11.6 Å². The Labute approximate surface area is 114 Å². The summed E-state index contributed by atoms with van der Waals surface area (Å²) in [6, 6.07) is 5.33. The Balaban J connectivity index is 2.12. The van der Waals surface area contributed by atoms with Crippen molar-refractivity contribution in [1.82, 2.24) is 4.90 Å². The van der Waals surface area contributed by atoms with E-state index in [0.717, 1.165) is 29.4 Å². The third-order valence-corrected chi connectivity index (χ3v) is 3.88. The minimum atomic E-state index is -0.740. The molecule has 1 aromatic carbocycles. The standard InChI is InChI=1S/C12H13BrClNO2/c13-9-4-3-8(10(14)6-9)7-15-5-1-2-11(15)12(16)17/h3-4,6,11H,1-2,5,7H2,(H,16,17)/t11-/m0/s1. The van der Waals surface area contributed by atoms with Crippen LogP contribution in [0.2, 0.25) is 5.02 Å². The molecule has 2 rings (SSSR count). The van der Waals surface area contributed by atoms with Crippen LogP contribution in [-0.2, 0) is 11.3 Å². The van der Waals surface area contributed by atoms with Crippen molar-refractivity contribution in [2.75, 3.05) is 6.54 Å². The molecule has 1 fully saturated rings. The molecule has 0 aromatic heterocycles. The fourth-order valence-corrected chi connectivity index (χ4v) is 2.90. The molecule has 5 heteroatoms. The number of likely N-dealkylation sites (tertiary alicyclic amines) is 1. The van der Waals surface area contributed by atoms with Crippen LogP contribution in [0.5, 0.6) is 0 Å². The molecule has 1 aliphatic heterocycles. The van der Waals surface area contributed by atoms with Crippen molar-refractivity contribution in [3.63, 3.8) is 0 Å². The minimum Gasteiger partial charge on any atom is -0.480 e. The first-order valence-corrected chi connectivity index (χ1v) is 6.66. The molecule has 0 aliphatic carbocycles. The summed E-state index contributed by atoms with van der Waals surface area (Å²) in [5, 5.41) is 9.77. The van der Waals surface area contributed by atoms with Gasteiger partial charge in [0.2, 0.25) is 0 Å². The zero-order chi connectivity index (χ0) is 12.4. The first kappa shape index (κ1) is 12.9. The van der Waals surface area contributed by atoms with Crippen LogP contribution >= 0.6 is 27.5 Å². The van der Waals surface area contributed by atoms with E-state index in [-0.39, 0.29) is 6.04 Å². The van der Waals surface area contributed by atoms with E-state index in [2.05, 4.69) is 15.9 Å². The molecule has 92 valence electrons. The van der Waals surface area contributed by atoms with Gasteiger partial charge in [-0.25, -0.2) is 0 Å². The number of carboxylic acid groups (broad SMARTS) is 1. The van der Waals surface area contributed by atoms with Gasteiger partial charge in [-0.3, -0.25) is 9.69 Å². The number of carboxylic acids is 1. The number of hydrogen-bond acceptors (Lipinski definition) is 2. The molecule has 1 heterocycles. The number of halogens is 2. The highest BCUT2D eigenvalue weighted by Gasteiger charge is 2.30. The van der Waals surface area contributed by atoms with E-state index in [4.69, 9.17) is 16.7 Å². The van der Waals surface area contributed by atoms with Crippen molar-refractivity contribution in [2.45, 2.75) is 25.4 Å². The second-order valence-corrected chi connectivity index (χ2v) is 5.53. The average Bonchev–Trinajstić information content (AvgIpc) is 2.70. The summed E-state index contributed by atoms with van der Waals surface area (Å²) in [4.78, 5) is 13.0. The van der Waals surface area contributed by atoms with Gasteiger partial charge in [-0.05, 0) is 37.1 Å². The maximum Gasteiger partial charge on any atom is 0.320 e. The largest absolute Gasteiger partial charge is 0.480 e. The molecule has 1 aromatic rings. The summed E-state index contributed by atoms with van der Waals surface area (Å²) >= 11 is 9.48. The number of carbonyl (C=O) groups is 1. The first-order valence-electron chi connectivity index (χ1n) is 5.48. The number of aliphatic carboxylic acids is 1. The Morgan fingerprint density at radius 2 is 2.35 bits per heavy atom. The van der Waals surface area contributed by atoms with Gasteiger partial charge in [0.1, 0.15) is 6.04 Å². The zero-order valence-electron chi connectivity index (χ0n) is 9.20. The Morgan fingerprint density at radius 3 is 3.00 bits per heavy atom. The summed E-state index contributed by atoms with van der Waals surface area (Å²) in [6.45, 7) is 1.42. The zero-order valence-corrected chi connectivity index (χ0v) is 11.5. The summed E-state index contributed by atoms with van der Waals surface area (Å²) in [5.41, 5.74) is 0.975. The van der Waals surface area contributed by atoms with E-state index in [1.165, 1.54) is 0 Å². The van der Waals surface area contributed by atoms with Crippen molar-refractivity contribution >= 4 is 33.5 Å². The van der Waals surface area contributed by atoms with Crippen molar-refractivity contribution in [3.05, 3.63) is 33.3 Å². The SMILES string of the molecule is O=C(O)[C@@H]1CCCN1Cc1ccc(Br)cc1Cl. The topological polar surface area (TPSA) is 40.5 Å². The van der Waals surface area contributed by atoms with Gasteiger partial charge in [-0.1, -0.05) is 33.6 Å². The van der Waals surface area contributed by atoms with Gasteiger partial charge in [0, 0.05) is 16.0 Å². The van der Waals surface area contributed by atoms with Crippen LogP contribution in [0.15, 0.2) is 22.7 Å². The Bertz CT molecular complexity index is 439. The molecule has 17 heavy (non-hydrogen) atoms. The van der Waals surface area contributed by atoms with Crippen molar-refractivity contribution in [3.8, 4) is 0 Å². The predicted octanol–water partition coefficient (Wildman–Crippen LogP) is 3.15. The summed E-state index contributed by atoms with van der Waals surface area (Å²) in [6.07, 6.45) is 1.66. The summed E-state index contributed by atoms with van der Waals surface area (Å²) in [7, 11) is 0. The molecule has 0 saturated carbocycles. The van der Waals surface area contributed by atoms with Crippen LogP contribution < -0.4 is 0 Å². The highest BCUT2D eigenvalue weighted by molar-refractivity contribution is 9.10. The van der Waals surface area contributed by atoms with Crippen molar-refractivity contribution in [2.24, 2.45) is 0 Å². The number of benzene rings is 1. The van der Waals surface area contributed by atoms with Crippen LogP contribution in [0.3, 0.4) is 0 Å². The van der Waals surface area contributed by atoms with Crippen LogP contribution in [0, 0.1) is 0 Å². The van der Waals surface area contributed by atoms with Crippen LogP contribution in [-0.4, -0.2) is 28.6 Å². The van der Waals surface area contributed by atoms with E-state index in [9.17, 15) is 4.79 Å². The molecule has 1 aliphatic rings. The highest BCUT2D eigenvalue weighted by Crippen LogP contribution is 2.26. The normalized spacial score (nSPS) is 20.7. The fraction of sp³-hybridized carbons (Fsp3) is 0.417. The minimum absolute atomic E-state index is 0.366. The molecule has 1 atom stereocenters. The monoisotopic (exact) mass is 317 g/mol. The maximum absolute atomic E-state index is 11.1. The number of nitrogens with zero attached hydrogens (tertiary/aromatic N) is 1. The van der Waals surface area contributed by atoms with Crippen molar-refractivity contribution in [1.29, 1.82) is 0 Å². The molecular formula is C12H13BrClNO2. The average molecular weight is 319 g/mol. The molecule has 0 bridgehead atoms.